The molecule has 0 radical (unpaired) electrons. The first-order valence-corrected chi connectivity index (χ1v) is 11.2. The van der Waals surface area contributed by atoms with Crippen molar-refractivity contribution in [2.24, 2.45) is 0 Å². The fraction of sp³-hybridized carbons (Fsp3) is 0.308. The van der Waals surface area contributed by atoms with Crippen LogP contribution in [-0.2, 0) is 19.5 Å². The number of fused-ring (bicyclic) bond motifs is 1. The number of ether oxygens (including phenoxy) is 1. The molecule has 172 valence electrons. The number of rotatable bonds is 9. The van der Waals surface area contributed by atoms with Crippen molar-refractivity contribution in [3.05, 3.63) is 76.6 Å². The van der Waals surface area contributed by atoms with Gasteiger partial charge in [0.25, 0.3) is 0 Å². The summed E-state index contributed by atoms with van der Waals surface area (Å²) < 4.78 is 7.44. The minimum atomic E-state index is 0.192. The Hall–Kier alpha value is -3.58. The molecule has 7 nitrogen and oxygen atoms in total. The number of aliphatic hydroxyl groups excluding tert-OH is 1. The van der Waals surface area contributed by atoms with Crippen molar-refractivity contribution in [3.8, 4) is 5.75 Å². The van der Waals surface area contributed by atoms with E-state index in [4.69, 9.17) is 10.5 Å². The smallest absolute Gasteiger partial charge is 0.201 e. The Morgan fingerprint density at radius 2 is 1.91 bits per heavy atom. The average Bonchev–Trinajstić information content (AvgIpc) is 3.11. The number of methoxy groups -OCH3 is 1. The number of benzene rings is 2. The number of aliphatic hydroxyl groups is 1. The maximum Gasteiger partial charge on any atom is 0.201 e. The molecule has 0 saturated heterocycles. The van der Waals surface area contributed by atoms with Gasteiger partial charge >= 0.3 is 0 Å². The zero-order chi connectivity index (χ0) is 23.4. The average molecular weight is 446 g/mol. The maximum atomic E-state index is 9.19. The number of aromatic nitrogens is 3. The number of anilines is 2. The highest BCUT2D eigenvalue weighted by molar-refractivity contribution is 5.79. The lowest BCUT2D eigenvalue weighted by molar-refractivity contribution is 0.288. The largest absolute Gasteiger partial charge is 0.495 e. The van der Waals surface area contributed by atoms with E-state index in [-0.39, 0.29) is 6.61 Å². The van der Waals surface area contributed by atoms with E-state index in [0.29, 0.717) is 19.0 Å². The monoisotopic (exact) mass is 445 g/mol. The molecule has 2 aromatic carbocycles. The molecule has 0 amide bonds. The number of nitrogen functional groups attached to an aromatic ring is 1. The molecule has 4 rings (SSSR count). The van der Waals surface area contributed by atoms with Crippen LogP contribution in [0.5, 0.6) is 5.75 Å². The van der Waals surface area contributed by atoms with Gasteiger partial charge in [-0.15, -0.1) is 0 Å². The number of nitrogens with two attached hydrogens (primary N) is 1. The molecule has 4 aromatic rings. The molecule has 0 unspecified atom stereocenters. The lowest BCUT2D eigenvalue weighted by atomic mass is 10.0. The van der Waals surface area contributed by atoms with E-state index in [1.807, 2.05) is 23.6 Å². The number of hydrogen-bond donors (Lipinski definition) is 3. The van der Waals surface area contributed by atoms with E-state index in [1.54, 1.807) is 7.11 Å². The summed E-state index contributed by atoms with van der Waals surface area (Å²) in [4.78, 5) is 9.22. The van der Waals surface area contributed by atoms with Gasteiger partial charge in [-0.05, 0) is 73.7 Å². The van der Waals surface area contributed by atoms with Crippen molar-refractivity contribution in [2.45, 2.75) is 39.8 Å². The van der Waals surface area contributed by atoms with Crippen LogP contribution in [0, 0.1) is 13.8 Å². The number of pyridine rings is 1. The molecule has 0 atom stereocenters. The molecule has 0 saturated carbocycles. The van der Waals surface area contributed by atoms with E-state index in [2.05, 4.69) is 58.6 Å². The number of hydrogen-bond acceptors (Lipinski definition) is 6. The van der Waals surface area contributed by atoms with Gasteiger partial charge in [0.2, 0.25) is 5.95 Å². The van der Waals surface area contributed by atoms with Gasteiger partial charge in [0, 0.05) is 24.5 Å². The van der Waals surface area contributed by atoms with E-state index < -0.39 is 0 Å². The third kappa shape index (κ3) is 5.09. The van der Waals surface area contributed by atoms with Crippen LogP contribution in [0.15, 0.2) is 48.5 Å². The minimum absolute atomic E-state index is 0.192. The predicted octanol–water partition coefficient (Wildman–Crippen LogP) is 4.22. The topological polar surface area (TPSA) is 98.2 Å². The molecule has 0 aliphatic heterocycles. The highest BCUT2D eigenvalue weighted by atomic mass is 16.5. The van der Waals surface area contributed by atoms with Gasteiger partial charge in [-0.25, -0.2) is 4.98 Å². The second kappa shape index (κ2) is 9.92. The van der Waals surface area contributed by atoms with Crippen LogP contribution < -0.4 is 15.8 Å². The summed E-state index contributed by atoms with van der Waals surface area (Å²) in [5.41, 5.74) is 14.5. The van der Waals surface area contributed by atoms with Crippen molar-refractivity contribution in [2.75, 3.05) is 24.8 Å². The van der Waals surface area contributed by atoms with Gasteiger partial charge in [-0.1, -0.05) is 18.2 Å². The molecular weight excluding hydrogens is 414 g/mol. The summed E-state index contributed by atoms with van der Waals surface area (Å²) in [6, 6.07) is 16.5. The van der Waals surface area contributed by atoms with Crippen LogP contribution in [0.1, 0.15) is 34.5 Å². The summed E-state index contributed by atoms with van der Waals surface area (Å²) >= 11 is 0. The zero-order valence-corrected chi connectivity index (χ0v) is 19.4. The lowest BCUT2D eigenvalue weighted by Gasteiger charge is -2.13. The van der Waals surface area contributed by atoms with Crippen molar-refractivity contribution in [1.29, 1.82) is 0 Å². The van der Waals surface area contributed by atoms with Crippen molar-refractivity contribution in [3.63, 3.8) is 0 Å². The Morgan fingerprint density at radius 3 is 2.70 bits per heavy atom. The van der Waals surface area contributed by atoms with Crippen LogP contribution in [0.3, 0.4) is 0 Å². The normalized spacial score (nSPS) is 11.2. The minimum Gasteiger partial charge on any atom is -0.495 e. The molecule has 0 aliphatic rings. The number of nitrogens with zero attached hydrogens (tertiary/aromatic N) is 3. The highest BCUT2D eigenvalue weighted by Gasteiger charge is 2.13. The SMILES string of the molecule is COc1ccc(C)nc1Cn1c(N)nc2cc(CNc3cc(C)ccc3CCCO)ccc21. The molecule has 2 heterocycles. The highest BCUT2D eigenvalue weighted by Crippen LogP contribution is 2.25. The Kier molecular flexibility index (Phi) is 6.79. The number of imidazole rings is 1. The van der Waals surface area contributed by atoms with E-state index in [9.17, 15) is 5.11 Å². The first-order valence-electron chi connectivity index (χ1n) is 11.2. The predicted molar refractivity (Wildman–Crippen MR) is 133 cm³/mol. The molecule has 0 spiro atoms. The van der Waals surface area contributed by atoms with Crippen molar-refractivity contribution >= 4 is 22.7 Å². The Morgan fingerprint density at radius 1 is 1.06 bits per heavy atom. The fourth-order valence-electron chi connectivity index (χ4n) is 4.06. The Balaban J connectivity index is 1.56. The van der Waals surface area contributed by atoms with Crippen LogP contribution in [0.4, 0.5) is 11.6 Å². The zero-order valence-electron chi connectivity index (χ0n) is 19.4. The van der Waals surface area contributed by atoms with Gasteiger partial charge in [-0.2, -0.15) is 0 Å². The summed E-state index contributed by atoms with van der Waals surface area (Å²) in [5, 5.41) is 12.7. The van der Waals surface area contributed by atoms with Gasteiger partial charge in [0.05, 0.1) is 24.7 Å². The van der Waals surface area contributed by atoms with Crippen molar-refractivity contribution in [1.82, 2.24) is 14.5 Å². The fourth-order valence-corrected chi connectivity index (χ4v) is 4.06. The Labute approximate surface area is 194 Å². The second-order valence-corrected chi connectivity index (χ2v) is 8.32. The summed E-state index contributed by atoms with van der Waals surface area (Å²) in [6.07, 6.45) is 1.59. The lowest BCUT2D eigenvalue weighted by Crippen LogP contribution is -2.08. The molecule has 2 aromatic heterocycles. The first kappa shape index (κ1) is 22.6. The van der Waals surface area contributed by atoms with Gasteiger partial charge in [-0.3, -0.25) is 4.98 Å². The quantitative estimate of drug-likeness (QED) is 0.357. The number of nitrogens with one attached hydrogen (secondary N) is 1. The van der Waals surface area contributed by atoms with Crippen molar-refractivity contribution < 1.29 is 9.84 Å². The molecule has 4 N–H and O–H groups in total. The Bertz CT molecular complexity index is 1270. The molecular formula is C26H31N5O2. The molecule has 0 aliphatic carbocycles. The van der Waals surface area contributed by atoms with Gasteiger partial charge in [0.1, 0.15) is 11.4 Å². The molecule has 33 heavy (non-hydrogen) atoms. The number of aryl methyl sites for hydroxylation is 3. The van der Waals surface area contributed by atoms with Crippen LogP contribution >= 0.6 is 0 Å². The maximum absolute atomic E-state index is 9.19. The second-order valence-electron chi connectivity index (χ2n) is 8.32. The molecule has 7 heteroatoms. The first-order chi connectivity index (χ1) is 16.0. The summed E-state index contributed by atoms with van der Waals surface area (Å²) in [5.74, 6) is 1.18. The van der Waals surface area contributed by atoms with Crippen LogP contribution in [-0.4, -0.2) is 33.4 Å². The third-order valence-electron chi connectivity index (χ3n) is 5.79. The molecule has 0 bridgehead atoms. The van der Waals surface area contributed by atoms with E-state index in [1.165, 1.54) is 11.1 Å². The van der Waals surface area contributed by atoms with E-state index in [0.717, 1.165) is 52.3 Å². The van der Waals surface area contributed by atoms with Gasteiger partial charge < -0.3 is 25.5 Å². The summed E-state index contributed by atoms with van der Waals surface area (Å²) in [7, 11) is 1.65. The molecule has 0 fully saturated rings. The third-order valence-corrected chi connectivity index (χ3v) is 5.79. The van der Waals surface area contributed by atoms with Crippen LogP contribution in [0.25, 0.3) is 11.0 Å². The van der Waals surface area contributed by atoms with E-state index >= 15 is 0 Å². The standard InChI is InChI=1S/C26H31N5O2/c1-17-6-9-20(5-4-12-32)21(13-17)28-15-19-8-10-24-22(14-19)30-26(27)31(24)16-23-25(33-3)11-7-18(2)29-23/h6-11,13-14,28,32H,4-5,12,15-16H2,1-3H3,(H2,27,30). The van der Waals surface area contributed by atoms with Crippen LogP contribution in [0.2, 0.25) is 0 Å². The summed E-state index contributed by atoms with van der Waals surface area (Å²) in [6.45, 7) is 5.40. The van der Waals surface area contributed by atoms with Gasteiger partial charge in [0.15, 0.2) is 0 Å².